The number of benzene rings is 9. The number of nitrogens with zero attached hydrogens (tertiary/aromatic N) is 4. The second-order valence-corrected chi connectivity index (χ2v) is 28.7. The van der Waals surface area contributed by atoms with Gasteiger partial charge in [-0.05, 0) is 163 Å². The molecule has 0 radical (unpaired) electrons. The number of hydrogen-bond donors (Lipinski definition) is 0. The number of fused-ring (bicyclic) bond motifs is 10. The van der Waals surface area contributed by atoms with Crippen molar-refractivity contribution in [1.82, 2.24) is 14.1 Å². The molecule has 4 heterocycles. The van der Waals surface area contributed by atoms with Crippen LogP contribution in [0, 0.1) is 18.8 Å². The van der Waals surface area contributed by atoms with Crippen LogP contribution in [-0.2, 0) is 48.1 Å². The molecular formula is C80H77N4OPt-3. The molecule has 0 aliphatic carbocycles. The molecule has 3 aromatic heterocycles. The summed E-state index contributed by atoms with van der Waals surface area (Å²) in [5.74, 6) is 2.03. The molecule has 0 unspecified atom stereocenters. The van der Waals surface area contributed by atoms with Gasteiger partial charge in [0, 0.05) is 50.0 Å². The van der Waals surface area contributed by atoms with Crippen LogP contribution in [0.2, 0.25) is 0 Å². The van der Waals surface area contributed by atoms with Crippen LogP contribution in [0.5, 0.6) is 11.5 Å². The largest absolute Gasteiger partial charge is 0.509 e. The average Bonchev–Trinajstić information content (AvgIpc) is 1.61. The van der Waals surface area contributed by atoms with E-state index in [2.05, 4.69) is 307 Å². The van der Waals surface area contributed by atoms with Gasteiger partial charge >= 0.3 is 0 Å². The van der Waals surface area contributed by atoms with E-state index in [0.29, 0.717) is 11.5 Å². The molecule has 0 spiro atoms. The molecule has 1 aliphatic heterocycles. The Morgan fingerprint density at radius 1 is 0.395 bits per heavy atom. The minimum atomic E-state index is -0.138. The summed E-state index contributed by atoms with van der Waals surface area (Å²) in [6, 6.07) is 75.2. The summed E-state index contributed by atoms with van der Waals surface area (Å²) < 4.78 is 11.6. The second-order valence-electron chi connectivity index (χ2n) is 28.7. The first kappa shape index (κ1) is 58.3. The monoisotopic (exact) mass is 1300 g/mol. The Balaban J connectivity index is 0.00000724. The first-order valence-electron chi connectivity index (χ1n) is 30.2. The Labute approximate surface area is 523 Å². The summed E-state index contributed by atoms with van der Waals surface area (Å²) in [6.07, 6.45) is 1.93. The predicted octanol–water partition coefficient (Wildman–Crippen LogP) is 22.0. The smallest absolute Gasteiger partial charge is 0.135 e. The summed E-state index contributed by atoms with van der Waals surface area (Å²) in [5.41, 5.74) is 17.0. The van der Waals surface area contributed by atoms with Crippen molar-refractivity contribution >= 4 is 76.5 Å². The molecule has 9 aromatic carbocycles. The minimum absolute atomic E-state index is 0. The minimum Gasteiger partial charge on any atom is -0.509 e. The molecule has 0 amide bonds. The Hall–Kier alpha value is -8.11. The van der Waals surface area contributed by atoms with E-state index >= 15 is 0 Å². The maximum Gasteiger partial charge on any atom is 0.135 e. The summed E-state index contributed by atoms with van der Waals surface area (Å²) >= 11 is 0. The van der Waals surface area contributed by atoms with Gasteiger partial charge in [-0.15, -0.1) is 35.7 Å². The number of aromatic nitrogens is 3. The van der Waals surface area contributed by atoms with Gasteiger partial charge in [0.05, 0.1) is 0 Å². The molecule has 0 bridgehead atoms. The van der Waals surface area contributed by atoms with Gasteiger partial charge in [-0.25, -0.2) is 4.98 Å². The van der Waals surface area contributed by atoms with E-state index in [1.54, 1.807) is 0 Å². The van der Waals surface area contributed by atoms with Crippen molar-refractivity contribution in [3.8, 4) is 39.6 Å². The number of rotatable bonds is 6. The van der Waals surface area contributed by atoms with Crippen LogP contribution in [0.4, 0.5) is 11.4 Å². The van der Waals surface area contributed by atoms with E-state index in [9.17, 15) is 0 Å². The van der Waals surface area contributed by atoms with Crippen molar-refractivity contribution in [3.05, 3.63) is 235 Å². The van der Waals surface area contributed by atoms with E-state index in [-0.39, 0.29) is 48.1 Å². The van der Waals surface area contributed by atoms with Gasteiger partial charge in [0.1, 0.15) is 5.82 Å². The van der Waals surface area contributed by atoms with Gasteiger partial charge in [0.25, 0.3) is 0 Å². The normalized spacial score (nSPS) is 13.0. The van der Waals surface area contributed by atoms with Gasteiger partial charge < -0.3 is 18.8 Å². The van der Waals surface area contributed by atoms with E-state index in [0.717, 1.165) is 66.4 Å². The van der Waals surface area contributed by atoms with Crippen molar-refractivity contribution < 1.29 is 25.8 Å². The fourth-order valence-electron chi connectivity index (χ4n) is 12.4. The molecule has 0 fully saturated rings. The van der Waals surface area contributed by atoms with Crippen molar-refractivity contribution in [2.24, 2.45) is 0 Å². The van der Waals surface area contributed by atoms with E-state index in [1.165, 1.54) is 66.1 Å². The number of hydrogen-bond acceptors (Lipinski definition) is 3. The third-order valence-electron chi connectivity index (χ3n) is 17.4. The Morgan fingerprint density at radius 2 is 0.907 bits per heavy atom. The summed E-state index contributed by atoms with van der Waals surface area (Å²) in [4.78, 5) is 7.28. The van der Waals surface area contributed by atoms with Crippen molar-refractivity contribution in [3.63, 3.8) is 0 Å². The first-order valence-corrected chi connectivity index (χ1v) is 30.2. The average molecular weight is 1310 g/mol. The molecule has 0 saturated heterocycles. The summed E-state index contributed by atoms with van der Waals surface area (Å²) in [7, 11) is 0. The molecule has 0 atom stereocenters. The van der Waals surface area contributed by atoms with Gasteiger partial charge in [-0.3, -0.25) is 0 Å². The Bertz CT molecular complexity index is 4720. The van der Waals surface area contributed by atoms with E-state index in [1.807, 2.05) is 18.3 Å². The molecule has 436 valence electrons. The van der Waals surface area contributed by atoms with Crippen molar-refractivity contribution in [1.29, 1.82) is 0 Å². The Morgan fingerprint density at radius 3 is 1.52 bits per heavy atom. The zero-order chi connectivity index (χ0) is 59.7. The maximum absolute atomic E-state index is 6.92. The molecule has 12 aromatic rings. The van der Waals surface area contributed by atoms with Gasteiger partial charge in [-0.2, -0.15) is 12.1 Å². The topological polar surface area (TPSA) is 35.2 Å². The van der Waals surface area contributed by atoms with E-state index < -0.39 is 0 Å². The first-order chi connectivity index (χ1) is 40.3. The fourth-order valence-corrected chi connectivity index (χ4v) is 12.4. The third kappa shape index (κ3) is 10.4. The molecule has 5 nitrogen and oxygen atoms in total. The standard InChI is InChI=1S/C80H77N4O.Pt/c1-76(2,3)53-33-36-70-69(45-53)66-35-34-60(48-72(66)84(70)73-46-54(37-38-81-73)77(4,5)6)85-59-24-20-23-58(47-59)82-49-83-74-61(52-39-50(40-55(43-52)78(7,8)9)51-41-56(79(10,11)12)44-57(42-51)80(13,14)15)29-21-30-67(74)64-27-18-16-25-62(64)63-26-17-19-28-65(63)68-31-22-32-71(82)75(68)83;/h16-46,49H,1-15H3;/q-3;. The second kappa shape index (κ2) is 21.1. The zero-order valence-electron chi connectivity index (χ0n) is 52.5. The van der Waals surface area contributed by atoms with Crippen molar-refractivity contribution in [2.75, 3.05) is 4.90 Å². The van der Waals surface area contributed by atoms with Crippen LogP contribution < -0.4 is 9.64 Å². The molecule has 0 saturated carbocycles. The van der Waals surface area contributed by atoms with Gasteiger partial charge in [0.2, 0.25) is 0 Å². The molecule has 13 rings (SSSR count). The van der Waals surface area contributed by atoms with Crippen LogP contribution in [0.1, 0.15) is 132 Å². The number of anilines is 2. The van der Waals surface area contributed by atoms with Gasteiger partial charge in [-0.1, -0.05) is 236 Å². The molecule has 6 heteroatoms. The molecule has 86 heavy (non-hydrogen) atoms. The van der Waals surface area contributed by atoms with Crippen LogP contribution in [0.3, 0.4) is 0 Å². The molecular weight excluding hydrogens is 1230 g/mol. The van der Waals surface area contributed by atoms with Crippen LogP contribution in [0.25, 0.3) is 93.2 Å². The van der Waals surface area contributed by atoms with Crippen LogP contribution >= 0.6 is 0 Å². The quantitative estimate of drug-likeness (QED) is 0.156. The number of pyridine rings is 1. The molecule has 0 N–H and O–H groups in total. The van der Waals surface area contributed by atoms with Crippen LogP contribution in [0.15, 0.2) is 188 Å². The van der Waals surface area contributed by atoms with Crippen molar-refractivity contribution in [2.45, 2.75) is 131 Å². The molecule has 1 aliphatic rings. The third-order valence-corrected chi connectivity index (χ3v) is 17.4. The fraction of sp³-hybridized carbons (Fsp3) is 0.250. The number of ether oxygens (including phenoxy) is 1. The Kier molecular flexibility index (Phi) is 14.3. The predicted molar refractivity (Wildman–Crippen MR) is 361 cm³/mol. The van der Waals surface area contributed by atoms with Gasteiger partial charge in [0.15, 0.2) is 0 Å². The van der Waals surface area contributed by atoms with E-state index in [4.69, 9.17) is 9.72 Å². The van der Waals surface area contributed by atoms with Crippen LogP contribution in [-0.4, -0.2) is 14.1 Å². The SMILES string of the molecule is CC(C)(C)c1cc(-c2cc(C(C)(C)C)cc(C(C)(C)C)c2)cc(-c2cccc3c4ccccc4c4ccccc4c4cccc5c4n(c23)[CH-]N5c2[c-]c(Oc3[c-]c4c(cc3)c3cc(C(C)(C)C)ccc3n4-c3cc(C(C)(C)C)ccn3)ccc2)c1.[Pt]. The maximum atomic E-state index is 6.92. The summed E-state index contributed by atoms with van der Waals surface area (Å²) in [6.45, 7) is 36.8. The zero-order valence-corrected chi connectivity index (χ0v) is 54.8. The summed E-state index contributed by atoms with van der Waals surface area (Å²) in [5, 5.41) is 9.28. The number of para-hydroxylation sites is 2.